The molecule has 0 aromatic heterocycles. The molecular formula is C19H18ClN3S. The minimum atomic E-state index is 0.688. The van der Waals surface area contributed by atoms with Crippen molar-refractivity contribution in [2.24, 2.45) is 4.99 Å². The Morgan fingerprint density at radius 3 is 2.75 bits per heavy atom. The molecule has 0 unspecified atom stereocenters. The number of amidine groups is 1. The van der Waals surface area contributed by atoms with Crippen molar-refractivity contribution in [2.45, 2.75) is 19.9 Å². The van der Waals surface area contributed by atoms with E-state index in [0.717, 1.165) is 46.7 Å². The number of hydrogen-bond acceptors (Lipinski definition) is 3. The molecule has 1 heterocycles. The molecule has 24 heavy (non-hydrogen) atoms. The predicted octanol–water partition coefficient (Wildman–Crippen LogP) is 5.01. The van der Waals surface area contributed by atoms with E-state index in [0.29, 0.717) is 5.56 Å². The third kappa shape index (κ3) is 3.92. The van der Waals surface area contributed by atoms with Gasteiger partial charge in [0.2, 0.25) is 0 Å². The van der Waals surface area contributed by atoms with E-state index in [9.17, 15) is 0 Å². The molecule has 122 valence electrons. The summed E-state index contributed by atoms with van der Waals surface area (Å²) in [6.07, 6.45) is 0.865. The first kappa shape index (κ1) is 16.9. The molecule has 0 radical (unpaired) electrons. The van der Waals surface area contributed by atoms with Gasteiger partial charge >= 0.3 is 0 Å². The van der Waals surface area contributed by atoms with Crippen LogP contribution in [0.2, 0.25) is 5.02 Å². The zero-order valence-electron chi connectivity index (χ0n) is 13.5. The molecule has 3 rings (SSSR count). The molecule has 1 fully saturated rings. The molecule has 3 nitrogen and oxygen atoms in total. The Morgan fingerprint density at radius 2 is 2.04 bits per heavy atom. The van der Waals surface area contributed by atoms with Crippen LogP contribution in [0.15, 0.2) is 47.5 Å². The number of halogens is 1. The summed E-state index contributed by atoms with van der Waals surface area (Å²) in [6, 6.07) is 15.9. The summed E-state index contributed by atoms with van der Waals surface area (Å²) in [5, 5.41) is 10.9. The smallest absolute Gasteiger partial charge is 0.164 e. The lowest BCUT2D eigenvalue weighted by Gasteiger charge is -2.18. The maximum absolute atomic E-state index is 9.05. The quantitative estimate of drug-likeness (QED) is 0.773. The largest absolute Gasteiger partial charge is 0.346 e. The minimum absolute atomic E-state index is 0.688. The van der Waals surface area contributed by atoms with Gasteiger partial charge in [0.25, 0.3) is 0 Å². The molecule has 0 N–H and O–H groups in total. The Balaban J connectivity index is 1.83. The van der Waals surface area contributed by atoms with Crippen molar-refractivity contribution in [3.63, 3.8) is 0 Å². The fourth-order valence-electron chi connectivity index (χ4n) is 2.64. The Labute approximate surface area is 152 Å². The zero-order valence-corrected chi connectivity index (χ0v) is 15.1. The number of rotatable bonds is 4. The van der Waals surface area contributed by atoms with Crippen molar-refractivity contribution in [3.05, 3.63) is 64.2 Å². The summed E-state index contributed by atoms with van der Waals surface area (Å²) in [4.78, 5) is 7.17. The van der Waals surface area contributed by atoms with Crippen LogP contribution in [0, 0.1) is 11.3 Å². The molecule has 0 aliphatic carbocycles. The van der Waals surface area contributed by atoms with Crippen LogP contribution < -0.4 is 0 Å². The third-order valence-electron chi connectivity index (χ3n) is 3.96. The number of thioether (sulfide) groups is 1. The van der Waals surface area contributed by atoms with Crippen LogP contribution >= 0.6 is 23.4 Å². The van der Waals surface area contributed by atoms with Crippen molar-refractivity contribution < 1.29 is 0 Å². The summed E-state index contributed by atoms with van der Waals surface area (Å²) < 4.78 is 0. The van der Waals surface area contributed by atoms with Crippen LogP contribution in [-0.2, 0) is 13.0 Å². The van der Waals surface area contributed by atoms with Crippen molar-refractivity contribution in [1.82, 2.24) is 4.90 Å². The fourth-order valence-corrected chi connectivity index (χ4v) is 3.77. The van der Waals surface area contributed by atoms with Gasteiger partial charge in [-0.15, -0.1) is 0 Å². The van der Waals surface area contributed by atoms with Gasteiger partial charge in [0.05, 0.1) is 17.3 Å². The van der Waals surface area contributed by atoms with E-state index in [2.05, 4.69) is 30.0 Å². The van der Waals surface area contributed by atoms with Gasteiger partial charge in [0.1, 0.15) is 0 Å². The van der Waals surface area contributed by atoms with Crippen molar-refractivity contribution >= 4 is 34.2 Å². The Morgan fingerprint density at radius 1 is 1.25 bits per heavy atom. The van der Waals surface area contributed by atoms with Crippen molar-refractivity contribution in [1.29, 1.82) is 5.26 Å². The highest BCUT2D eigenvalue weighted by Gasteiger charge is 2.20. The van der Waals surface area contributed by atoms with Crippen LogP contribution in [0.5, 0.6) is 0 Å². The van der Waals surface area contributed by atoms with Crippen LogP contribution in [0.4, 0.5) is 5.69 Å². The number of nitrogens with zero attached hydrogens (tertiary/aromatic N) is 3. The van der Waals surface area contributed by atoms with Gasteiger partial charge < -0.3 is 4.90 Å². The van der Waals surface area contributed by atoms with Crippen molar-refractivity contribution in [3.8, 4) is 6.07 Å². The van der Waals surface area contributed by atoms with Gasteiger partial charge in [-0.25, -0.2) is 4.99 Å². The van der Waals surface area contributed by atoms with Crippen LogP contribution in [0.1, 0.15) is 23.6 Å². The van der Waals surface area contributed by atoms with Gasteiger partial charge in [-0.05, 0) is 47.9 Å². The summed E-state index contributed by atoms with van der Waals surface area (Å²) in [7, 11) is 0. The van der Waals surface area contributed by atoms with Gasteiger partial charge in [0.15, 0.2) is 5.17 Å². The molecule has 0 saturated carbocycles. The van der Waals surface area contributed by atoms with Crippen LogP contribution in [-0.4, -0.2) is 22.4 Å². The first-order valence-corrected chi connectivity index (χ1v) is 9.30. The number of benzene rings is 2. The molecular weight excluding hydrogens is 338 g/mol. The maximum atomic E-state index is 9.05. The molecule has 0 bridgehead atoms. The van der Waals surface area contributed by atoms with Crippen LogP contribution in [0.25, 0.3) is 0 Å². The maximum Gasteiger partial charge on any atom is 0.164 e. The Kier molecular flexibility index (Phi) is 5.44. The first-order valence-electron chi connectivity index (χ1n) is 7.93. The van der Waals surface area contributed by atoms with E-state index in [1.54, 1.807) is 11.8 Å². The Hall–Kier alpha value is -1.96. The molecule has 0 atom stereocenters. The summed E-state index contributed by atoms with van der Waals surface area (Å²) in [5.74, 6) is 1.05. The summed E-state index contributed by atoms with van der Waals surface area (Å²) >= 11 is 7.74. The molecule has 0 spiro atoms. The average molecular weight is 356 g/mol. The highest BCUT2D eigenvalue weighted by atomic mass is 35.5. The minimum Gasteiger partial charge on any atom is -0.346 e. The average Bonchev–Trinajstić information content (AvgIpc) is 3.04. The lowest BCUT2D eigenvalue weighted by Crippen LogP contribution is -2.23. The zero-order chi connectivity index (χ0) is 16.9. The first-order chi connectivity index (χ1) is 11.7. The van der Waals surface area contributed by atoms with Gasteiger partial charge in [0, 0.05) is 23.9 Å². The third-order valence-corrected chi connectivity index (χ3v) is 5.20. The topological polar surface area (TPSA) is 39.4 Å². The highest BCUT2D eigenvalue weighted by molar-refractivity contribution is 8.14. The second-order valence-electron chi connectivity index (χ2n) is 5.60. The van der Waals surface area contributed by atoms with E-state index in [-0.39, 0.29) is 0 Å². The van der Waals surface area contributed by atoms with E-state index < -0.39 is 0 Å². The number of hydrogen-bond donors (Lipinski definition) is 0. The van der Waals surface area contributed by atoms with E-state index in [4.69, 9.17) is 21.9 Å². The lowest BCUT2D eigenvalue weighted by atomic mass is 10.1. The molecule has 2 aromatic carbocycles. The second kappa shape index (κ2) is 7.74. The van der Waals surface area contributed by atoms with Gasteiger partial charge in [-0.2, -0.15) is 5.26 Å². The normalized spacial score (nSPS) is 15.7. The highest BCUT2D eigenvalue weighted by Crippen LogP contribution is 2.27. The van der Waals surface area contributed by atoms with E-state index >= 15 is 0 Å². The molecule has 5 heteroatoms. The molecule has 0 amide bonds. The SMILES string of the molecule is CCc1cc(C#N)ccc1N=C1SCCN1Cc1ccc(Cl)cc1. The molecule has 2 aromatic rings. The number of aryl methyl sites for hydroxylation is 1. The van der Waals surface area contributed by atoms with Gasteiger partial charge in [-0.3, -0.25) is 0 Å². The lowest BCUT2D eigenvalue weighted by molar-refractivity contribution is 0.457. The predicted molar refractivity (Wildman–Crippen MR) is 102 cm³/mol. The van der Waals surface area contributed by atoms with Gasteiger partial charge in [-0.1, -0.05) is 42.4 Å². The Bertz CT molecular complexity index is 793. The molecule has 1 saturated heterocycles. The summed E-state index contributed by atoms with van der Waals surface area (Å²) in [5.41, 5.74) is 3.99. The standard InChI is InChI=1S/C19H18ClN3S/c1-2-16-11-15(12-21)5-8-18(16)22-19-23(9-10-24-19)13-14-3-6-17(20)7-4-14/h3-8,11H,2,9-10,13H2,1H3. The molecule has 1 aliphatic heterocycles. The van der Waals surface area contributed by atoms with Crippen LogP contribution in [0.3, 0.4) is 0 Å². The monoisotopic (exact) mass is 355 g/mol. The number of aliphatic imine (C=N–C) groups is 1. The van der Waals surface area contributed by atoms with E-state index in [1.165, 1.54) is 5.56 Å². The fraction of sp³-hybridized carbons (Fsp3) is 0.263. The number of nitriles is 1. The van der Waals surface area contributed by atoms with Crippen molar-refractivity contribution in [2.75, 3.05) is 12.3 Å². The van der Waals surface area contributed by atoms with E-state index in [1.807, 2.05) is 30.3 Å². The second-order valence-corrected chi connectivity index (χ2v) is 7.10. The molecule has 1 aliphatic rings. The summed E-state index contributed by atoms with van der Waals surface area (Å²) in [6.45, 7) is 3.91.